The zero-order valence-electron chi connectivity index (χ0n) is 12.7. The van der Waals surface area contributed by atoms with Crippen molar-refractivity contribution in [2.75, 3.05) is 33.3 Å². The molecular formula is C16H24F2N2O. The first-order valence-electron chi connectivity index (χ1n) is 7.54. The number of hydrogen-bond donors (Lipinski definition) is 1. The van der Waals surface area contributed by atoms with E-state index >= 15 is 0 Å². The van der Waals surface area contributed by atoms with Crippen molar-refractivity contribution in [1.82, 2.24) is 10.2 Å². The van der Waals surface area contributed by atoms with Crippen LogP contribution in [0.25, 0.3) is 0 Å². The molecule has 0 saturated carbocycles. The standard InChI is InChI=1S/C16H24F2N2O/c1-3-8-19-11-14-15(20(2)9-10-21-14)12-4-6-13(7-5-12)16(17)18/h4-7,14-16,19H,3,8-11H2,1-2H3. The molecule has 1 N–H and O–H groups in total. The van der Waals surface area contributed by atoms with E-state index in [2.05, 4.69) is 24.2 Å². The second-order valence-corrected chi connectivity index (χ2v) is 5.51. The van der Waals surface area contributed by atoms with E-state index in [1.54, 1.807) is 12.1 Å². The first-order valence-corrected chi connectivity index (χ1v) is 7.54. The molecule has 118 valence electrons. The van der Waals surface area contributed by atoms with Crippen LogP contribution in [-0.2, 0) is 4.74 Å². The summed E-state index contributed by atoms with van der Waals surface area (Å²) >= 11 is 0. The van der Waals surface area contributed by atoms with Crippen LogP contribution in [-0.4, -0.2) is 44.3 Å². The maximum atomic E-state index is 12.7. The monoisotopic (exact) mass is 298 g/mol. The topological polar surface area (TPSA) is 24.5 Å². The fraction of sp³-hybridized carbons (Fsp3) is 0.625. The Labute approximate surface area is 125 Å². The Morgan fingerprint density at radius 2 is 2.05 bits per heavy atom. The Kier molecular flexibility index (Phi) is 6.08. The van der Waals surface area contributed by atoms with Crippen molar-refractivity contribution < 1.29 is 13.5 Å². The second-order valence-electron chi connectivity index (χ2n) is 5.51. The van der Waals surface area contributed by atoms with E-state index in [1.165, 1.54) is 12.1 Å². The summed E-state index contributed by atoms with van der Waals surface area (Å²) in [6.45, 7) is 5.42. The molecule has 1 aromatic rings. The summed E-state index contributed by atoms with van der Waals surface area (Å²) in [5, 5.41) is 3.38. The first kappa shape index (κ1) is 16.3. The number of nitrogens with zero attached hydrogens (tertiary/aromatic N) is 1. The van der Waals surface area contributed by atoms with E-state index < -0.39 is 6.43 Å². The molecular weight excluding hydrogens is 274 g/mol. The number of likely N-dealkylation sites (N-methyl/N-ethyl adjacent to an activating group) is 1. The highest BCUT2D eigenvalue weighted by Gasteiger charge is 2.31. The fourth-order valence-corrected chi connectivity index (χ4v) is 2.76. The maximum absolute atomic E-state index is 12.7. The van der Waals surface area contributed by atoms with Crippen LogP contribution >= 0.6 is 0 Å². The summed E-state index contributed by atoms with van der Waals surface area (Å²) in [6.07, 6.45) is -1.29. The minimum Gasteiger partial charge on any atom is -0.374 e. The molecule has 1 aromatic carbocycles. The molecule has 2 unspecified atom stereocenters. The van der Waals surface area contributed by atoms with Crippen LogP contribution in [0.1, 0.15) is 36.9 Å². The third-order valence-electron chi connectivity index (χ3n) is 3.91. The number of ether oxygens (including phenoxy) is 1. The van der Waals surface area contributed by atoms with Gasteiger partial charge in [0.2, 0.25) is 0 Å². The third kappa shape index (κ3) is 4.22. The van der Waals surface area contributed by atoms with Gasteiger partial charge in [-0.15, -0.1) is 0 Å². The summed E-state index contributed by atoms with van der Waals surface area (Å²) in [5.41, 5.74) is 1.10. The van der Waals surface area contributed by atoms with Gasteiger partial charge in [0.15, 0.2) is 0 Å². The number of rotatable bonds is 6. The molecule has 0 aromatic heterocycles. The van der Waals surface area contributed by atoms with Gasteiger partial charge in [-0.25, -0.2) is 8.78 Å². The van der Waals surface area contributed by atoms with Gasteiger partial charge in [-0.1, -0.05) is 31.2 Å². The first-order chi connectivity index (χ1) is 10.1. The Morgan fingerprint density at radius 1 is 1.33 bits per heavy atom. The predicted molar refractivity (Wildman–Crippen MR) is 79.7 cm³/mol. The molecule has 0 bridgehead atoms. The summed E-state index contributed by atoms with van der Waals surface area (Å²) in [4.78, 5) is 2.24. The third-order valence-corrected chi connectivity index (χ3v) is 3.91. The zero-order valence-corrected chi connectivity index (χ0v) is 12.7. The van der Waals surface area contributed by atoms with Crippen molar-refractivity contribution in [2.45, 2.75) is 31.9 Å². The smallest absolute Gasteiger partial charge is 0.263 e. The zero-order chi connectivity index (χ0) is 15.2. The van der Waals surface area contributed by atoms with E-state index in [-0.39, 0.29) is 17.7 Å². The summed E-state index contributed by atoms with van der Waals surface area (Å²) in [6, 6.07) is 6.72. The van der Waals surface area contributed by atoms with Gasteiger partial charge in [0, 0.05) is 18.7 Å². The molecule has 0 radical (unpaired) electrons. The van der Waals surface area contributed by atoms with Crippen LogP contribution in [0.15, 0.2) is 24.3 Å². The van der Waals surface area contributed by atoms with Crippen LogP contribution < -0.4 is 5.32 Å². The molecule has 0 amide bonds. The van der Waals surface area contributed by atoms with Crippen LogP contribution in [0, 0.1) is 0 Å². The highest BCUT2D eigenvalue weighted by Crippen LogP contribution is 2.29. The van der Waals surface area contributed by atoms with E-state index in [4.69, 9.17) is 4.74 Å². The SMILES string of the molecule is CCCNCC1OCCN(C)C1c1ccc(C(F)F)cc1. The van der Waals surface area contributed by atoms with Gasteiger partial charge in [-0.2, -0.15) is 0 Å². The van der Waals surface area contributed by atoms with Gasteiger partial charge in [-0.3, -0.25) is 4.90 Å². The van der Waals surface area contributed by atoms with Crippen LogP contribution in [0.2, 0.25) is 0 Å². The van der Waals surface area contributed by atoms with Gasteiger partial charge < -0.3 is 10.1 Å². The van der Waals surface area contributed by atoms with Gasteiger partial charge >= 0.3 is 0 Å². The largest absolute Gasteiger partial charge is 0.374 e. The second kappa shape index (κ2) is 7.82. The lowest BCUT2D eigenvalue weighted by atomic mass is 9.97. The number of halogens is 2. The molecule has 2 rings (SSSR count). The average Bonchev–Trinajstić information content (AvgIpc) is 2.48. The van der Waals surface area contributed by atoms with Crippen molar-refractivity contribution >= 4 is 0 Å². The minimum absolute atomic E-state index is 0.0488. The average molecular weight is 298 g/mol. The van der Waals surface area contributed by atoms with Crippen molar-refractivity contribution in [3.8, 4) is 0 Å². The van der Waals surface area contributed by atoms with Gasteiger partial charge in [0.25, 0.3) is 6.43 Å². The van der Waals surface area contributed by atoms with Crippen molar-refractivity contribution in [1.29, 1.82) is 0 Å². The normalized spacial score (nSPS) is 23.7. The van der Waals surface area contributed by atoms with Crippen LogP contribution in [0.3, 0.4) is 0 Å². The van der Waals surface area contributed by atoms with Crippen molar-refractivity contribution in [3.05, 3.63) is 35.4 Å². The quantitative estimate of drug-likeness (QED) is 0.817. The maximum Gasteiger partial charge on any atom is 0.263 e. The van der Waals surface area contributed by atoms with Gasteiger partial charge in [-0.05, 0) is 25.6 Å². The lowest BCUT2D eigenvalue weighted by molar-refractivity contribution is -0.0612. The Bertz CT molecular complexity index is 425. The van der Waals surface area contributed by atoms with Crippen LogP contribution in [0.4, 0.5) is 8.78 Å². The van der Waals surface area contributed by atoms with E-state index in [1.807, 2.05) is 0 Å². The molecule has 1 aliphatic heterocycles. The molecule has 0 spiro atoms. The number of nitrogens with one attached hydrogen (secondary N) is 1. The van der Waals surface area contributed by atoms with Crippen LogP contribution in [0.5, 0.6) is 0 Å². The summed E-state index contributed by atoms with van der Waals surface area (Å²) in [5.74, 6) is 0. The molecule has 0 aliphatic carbocycles. The number of benzene rings is 1. The highest BCUT2D eigenvalue weighted by atomic mass is 19.3. The summed E-state index contributed by atoms with van der Waals surface area (Å²) in [7, 11) is 2.06. The molecule has 1 saturated heterocycles. The molecule has 5 heteroatoms. The number of hydrogen-bond acceptors (Lipinski definition) is 3. The Hall–Kier alpha value is -1.04. The molecule has 2 atom stereocenters. The fourth-order valence-electron chi connectivity index (χ4n) is 2.76. The van der Waals surface area contributed by atoms with Crippen molar-refractivity contribution in [2.24, 2.45) is 0 Å². The number of morpholine rings is 1. The number of alkyl halides is 2. The lowest BCUT2D eigenvalue weighted by Crippen LogP contribution is -2.47. The minimum atomic E-state index is -2.42. The Balaban J connectivity index is 2.11. The summed E-state index contributed by atoms with van der Waals surface area (Å²) < 4.78 is 31.2. The van der Waals surface area contributed by atoms with E-state index in [0.717, 1.165) is 31.6 Å². The molecule has 21 heavy (non-hydrogen) atoms. The molecule has 1 fully saturated rings. The molecule has 1 heterocycles. The Morgan fingerprint density at radius 3 is 2.67 bits per heavy atom. The lowest BCUT2D eigenvalue weighted by Gasteiger charge is -2.39. The molecule has 3 nitrogen and oxygen atoms in total. The van der Waals surface area contributed by atoms with Gasteiger partial charge in [0.05, 0.1) is 18.8 Å². The van der Waals surface area contributed by atoms with Gasteiger partial charge in [0.1, 0.15) is 0 Å². The van der Waals surface area contributed by atoms with E-state index in [9.17, 15) is 8.78 Å². The van der Waals surface area contributed by atoms with Crippen molar-refractivity contribution in [3.63, 3.8) is 0 Å². The predicted octanol–water partition coefficient (Wildman–Crippen LogP) is 3.00. The highest BCUT2D eigenvalue weighted by molar-refractivity contribution is 5.27. The van der Waals surface area contributed by atoms with E-state index in [0.29, 0.717) is 6.61 Å². The molecule has 1 aliphatic rings.